The Labute approximate surface area is 133 Å². The molecule has 0 fully saturated rings. The van der Waals surface area contributed by atoms with Crippen LogP contribution in [0.15, 0.2) is 46.9 Å². The summed E-state index contributed by atoms with van der Waals surface area (Å²) in [5.74, 6) is 1.70. The Bertz CT molecular complexity index is 567. The van der Waals surface area contributed by atoms with Gasteiger partial charge in [-0.3, -0.25) is 0 Å². The molecular formula is C17H19BrO3. The molecule has 3 nitrogen and oxygen atoms in total. The number of hydrogen-bond acceptors (Lipinski definition) is 3. The second-order valence-electron chi connectivity index (χ2n) is 4.72. The van der Waals surface area contributed by atoms with Gasteiger partial charge < -0.3 is 14.6 Å². The monoisotopic (exact) mass is 350 g/mol. The zero-order valence-electron chi connectivity index (χ0n) is 12.0. The van der Waals surface area contributed by atoms with Gasteiger partial charge in [0.15, 0.2) is 0 Å². The Morgan fingerprint density at radius 2 is 1.86 bits per heavy atom. The molecule has 0 unspecified atom stereocenters. The van der Waals surface area contributed by atoms with Gasteiger partial charge in [0.1, 0.15) is 18.1 Å². The van der Waals surface area contributed by atoms with Crippen LogP contribution >= 0.6 is 15.9 Å². The van der Waals surface area contributed by atoms with E-state index in [0.717, 1.165) is 39.9 Å². The van der Waals surface area contributed by atoms with Gasteiger partial charge >= 0.3 is 0 Å². The van der Waals surface area contributed by atoms with E-state index in [0.29, 0.717) is 6.61 Å². The predicted octanol–water partition coefficient (Wildman–Crippen LogP) is 3.96. The Morgan fingerprint density at radius 3 is 2.52 bits per heavy atom. The minimum Gasteiger partial charge on any atom is -0.497 e. The number of rotatable bonds is 7. The van der Waals surface area contributed by atoms with E-state index in [-0.39, 0.29) is 6.61 Å². The second-order valence-corrected chi connectivity index (χ2v) is 5.63. The maximum Gasteiger partial charge on any atom is 0.123 e. The standard InChI is InChI=1S/C17H19BrO3/c1-20-16-7-4-13(5-8-16)12-21-17-9-6-15(18)11-14(17)3-2-10-19/h4-9,11,19H,2-3,10,12H2,1H3. The van der Waals surface area contributed by atoms with Crippen LogP contribution in [0.3, 0.4) is 0 Å². The molecule has 4 heteroatoms. The first-order valence-electron chi connectivity index (χ1n) is 6.88. The van der Waals surface area contributed by atoms with Crippen molar-refractivity contribution in [2.75, 3.05) is 13.7 Å². The molecule has 0 radical (unpaired) electrons. The number of hydrogen-bond donors (Lipinski definition) is 1. The molecule has 2 rings (SSSR count). The number of halogens is 1. The number of benzene rings is 2. The fourth-order valence-electron chi connectivity index (χ4n) is 2.04. The van der Waals surface area contributed by atoms with Crippen LogP contribution < -0.4 is 9.47 Å². The molecule has 0 spiro atoms. The van der Waals surface area contributed by atoms with Gasteiger partial charge in [-0.1, -0.05) is 28.1 Å². The number of ether oxygens (including phenoxy) is 2. The van der Waals surface area contributed by atoms with Crippen molar-refractivity contribution in [1.29, 1.82) is 0 Å². The van der Waals surface area contributed by atoms with Crippen LogP contribution in [0.4, 0.5) is 0 Å². The van der Waals surface area contributed by atoms with Crippen LogP contribution in [0.5, 0.6) is 11.5 Å². The topological polar surface area (TPSA) is 38.7 Å². The third-order valence-electron chi connectivity index (χ3n) is 3.18. The SMILES string of the molecule is COc1ccc(COc2ccc(Br)cc2CCCO)cc1. The Morgan fingerprint density at radius 1 is 1.10 bits per heavy atom. The third kappa shape index (κ3) is 4.76. The average Bonchev–Trinajstić information content (AvgIpc) is 2.52. The fraction of sp³-hybridized carbons (Fsp3) is 0.294. The van der Waals surface area contributed by atoms with Crippen molar-refractivity contribution in [2.24, 2.45) is 0 Å². The van der Waals surface area contributed by atoms with Crippen LogP contribution in [0.1, 0.15) is 17.5 Å². The molecule has 112 valence electrons. The highest BCUT2D eigenvalue weighted by Crippen LogP contribution is 2.25. The molecule has 0 amide bonds. The third-order valence-corrected chi connectivity index (χ3v) is 3.67. The summed E-state index contributed by atoms with van der Waals surface area (Å²) in [6.07, 6.45) is 1.53. The maximum absolute atomic E-state index is 8.98. The van der Waals surface area contributed by atoms with Gasteiger partial charge in [0.05, 0.1) is 7.11 Å². The molecule has 0 aliphatic rings. The maximum atomic E-state index is 8.98. The lowest BCUT2D eigenvalue weighted by molar-refractivity contribution is 0.283. The minimum absolute atomic E-state index is 0.185. The molecule has 2 aromatic carbocycles. The van der Waals surface area contributed by atoms with Crippen molar-refractivity contribution in [2.45, 2.75) is 19.4 Å². The molecule has 0 aliphatic carbocycles. The summed E-state index contributed by atoms with van der Waals surface area (Å²) in [5, 5.41) is 8.98. The van der Waals surface area contributed by atoms with E-state index < -0.39 is 0 Å². The van der Waals surface area contributed by atoms with Gasteiger partial charge in [0.2, 0.25) is 0 Å². The Hall–Kier alpha value is -1.52. The van der Waals surface area contributed by atoms with E-state index in [9.17, 15) is 0 Å². The van der Waals surface area contributed by atoms with Crippen molar-refractivity contribution < 1.29 is 14.6 Å². The first-order valence-corrected chi connectivity index (χ1v) is 7.67. The lowest BCUT2D eigenvalue weighted by Crippen LogP contribution is -2.00. The van der Waals surface area contributed by atoms with E-state index in [1.807, 2.05) is 42.5 Å². The summed E-state index contributed by atoms with van der Waals surface area (Å²) < 4.78 is 12.1. The summed E-state index contributed by atoms with van der Waals surface area (Å²) in [4.78, 5) is 0. The molecular weight excluding hydrogens is 332 g/mol. The number of aryl methyl sites for hydroxylation is 1. The van der Waals surface area contributed by atoms with Gasteiger partial charge in [0.25, 0.3) is 0 Å². The van der Waals surface area contributed by atoms with E-state index in [1.54, 1.807) is 7.11 Å². The van der Waals surface area contributed by atoms with Crippen molar-refractivity contribution in [1.82, 2.24) is 0 Å². The van der Waals surface area contributed by atoms with Crippen molar-refractivity contribution in [3.63, 3.8) is 0 Å². The van der Waals surface area contributed by atoms with Crippen molar-refractivity contribution in [3.8, 4) is 11.5 Å². The Balaban J connectivity index is 2.04. The predicted molar refractivity (Wildman–Crippen MR) is 86.9 cm³/mol. The van der Waals surface area contributed by atoms with Gasteiger partial charge in [-0.25, -0.2) is 0 Å². The molecule has 0 saturated carbocycles. The normalized spacial score (nSPS) is 10.4. The zero-order chi connectivity index (χ0) is 15.1. The van der Waals surface area contributed by atoms with Gasteiger partial charge in [-0.2, -0.15) is 0 Å². The summed E-state index contributed by atoms with van der Waals surface area (Å²) in [6, 6.07) is 13.8. The molecule has 1 N–H and O–H groups in total. The largest absolute Gasteiger partial charge is 0.497 e. The zero-order valence-corrected chi connectivity index (χ0v) is 13.6. The molecule has 0 atom stereocenters. The van der Waals surface area contributed by atoms with Crippen LogP contribution in [0, 0.1) is 0 Å². The van der Waals surface area contributed by atoms with Crippen LogP contribution in [-0.2, 0) is 13.0 Å². The van der Waals surface area contributed by atoms with Gasteiger partial charge in [-0.15, -0.1) is 0 Å². The van der Waals surface area contributed by atoms with E-state index >= 15 is 0 Å². The second kappa shape index (κ2) is 8.05. The molecule has 21 heavy (non-hydrogen) atoms. The lowest BCUT2D eigenvalue weighted by Gasteiger charge is -2.12. The summed E-state index contributed by atoms with van der Waals surface area (Å²) in [7, 11) is 1.65. The van der Waals surface area contributed by atoms with Crippen molar-refractivity contribution >= 4 is 15.9 Å². The molecule has 0 saturated heterocycles. The highest BCUT2D eigenvalue weighted by molar-refractivity contribution is 9.10. The van der Waals surface area contributed by atoms with Gasteiger partial charge in [0, 0.05) is 11.1 Å². The molecule has 2 aromatic rings. The molecule has 0 heterocycles. The first kappa shape index (κ1) is 15.9. The molecule has 0 aliphatic heterocycles. The van der Waals surface area contributed by atoms with Gasteiger partial charge in [-0.05, 0) is 54.3 Å². The summed E-state index contributed by atoms with van der Waals surface area (Å²) in [5.41, 5.74) is 2.19. The van der Waals surface area contributed by atoms with Crippen molar-refractivity contribution in [3.05, 3.63) is 58.1 Å². The first-order chi connectivity index (χ1) is 10.2. The number of aliphatic hydroxyl groups excluding tert-OH is 1. The number of methoxy groups -OCH3 is 1. The van der Waals surface area contributed by atoms with E-state index in [1.165, 1.54) is 0 Å². The number of aliphatic hydroxyl groups is 1. The highest BCUT2D eigenvalue weighted by Gasteiger charge is 2.05. The van der Waals surface area contributed by atoms with E-state index in [4.69, 9.17) is 14.6 Å². The summed E-state index contributed by atoms with van der Waals surface area (Å²) >= 11 is 3.47. The van der Waals surface area contributed by atoms with Crippen LogP contribution in [0.2, 0.25) is 0 Å². The Kier molecular flexibility index (Phi) is 6.08. The van der Waals surface area contributed by atoms with Crippen LogP contribution in [0.25, 0.3) is 0 Å². The summed E-state index contributed by atoms with van der Waals surface area (Å²) in [6.45, 7) is 0.697. The van der Waals surface area contributed by atoms with E-state index in [2.05, 4.69) is 15.9 Å². The van der Waals surface area contributed by atoms with Crippen LogP contribution in [-0.4, -0.2) is 18.8 Å². The molecule has 0 bridgehead atoms. The highest BCUT2D eigenvalue weighted by atomic mass is 79.9. The smallest absolute Gasteiger partial charge is 0.123 e. The average molecular weight is 351 g/mol. The quantitative estimate of drug-likeness (QED) is 0.821. The molecule has 0 aromatic heterocycles. The lowest BCUT2D eigenvalue weighted by atomic mass is 10.1. The fourth-order valence-corrected chi connectivity index (χ4v) is 2.45. The minimum atomic E-state index is 0.185.